The average molecular weight is 670 g/mol. The zero-order chi connectivity index (χ0) is 34.2. The van der Waals surface area contributed by atoms with E-state index in [0.29, 0.717) is 16.3 Å². The summed E-state index contributed by atoms with van der Waals surface area (Å²) in [5.41, 5.74) is 6.66. The first kappa shape index (κ1) is 31.6. The standard InChI is InChI=1S/C32H29F6N9O/c1-13(2)19-5-4-16(10-40-19)23-26(44-31-41-12-42-47(31)30(23)39)20(8-15-6-17(33)9-18(34)7-15)43-21(48)11-46-28-24(27(45-46)29(35)36)22-14(3)25(22)32(28,37)38/h4-7,9-10,12-14,20,22,25,29H,8,11,39H2,1-3H3,(H,43,48)/t14-,20+,22-,25-/m1/s1. The highest BCUT2D eigenvalue weighted by molar-refractivity contribution is 5.80. The molecule has 5 aromatic rings. The summed E-state index contributed by atoms with van der Waals surface area (Å²) in [7, 11) is 0. The van der Waals surface area contributed by atoms with Gasteiger partial charge in [0.25, 0.3) is 18.1 Å². The van der Waals surface area contributed by atoms with Crippen LogP contribution in [0.2, 0.25) is 0 Å². The molecular formula is C32H29F6N9O. The maximum absolute atomic E-state index is 15.4. The van der Waals surface area contributed by atoms with Crippen molar-refractivity contribution >= 4 is 17.5 Å². The van der Waals surface area contributed by atoms with E-state index in [0.717, 1.165) is 17.8 Å². The lowest BCUT2D eigenvalue weighted by atomic mass is 9.95. The van der Waals surface area contributed by atoms with E-state index in [4.69, 9.17) is 5.73 Å². The Hall–Kier alpha value is -5.02. The van der Waals surface area contributed by atoms with Crippen LogP contribution >= 0.6 is 0 Å². The monoisotopic (exact) mass is 669 g/mol. The van der Waals surface area contributed by atoms with E-state index in [-0.39, 0.29) is 46.3 Å². The van der Waals surface area contributed by atoms with Crippen molar-refractivity contribution in [2.75, 3.05) is 5.73 Å². The summed E-state index contributed by atoms with van der Waals surface area (Å²) in [6.07, 6.45) is -0.588. The summed E-state index contributed by atoms with van der Waals surface area (Å²) in [6.45, 7) is 4.66. The number of pyridine rings is 1. The topological polar surface area (TPSA) is 129 Å². The molecule has 0 bridgehead atoms. The molecule has 4 atom stereocenters. The fourth-order valence-corrected chi connectivity index (χ4v) is 6.95. The van der Waals surface area contributed by atoms with Gasteiger partial charge in [0.15, 0.2) is 0 Å². The molecule has 1 aromatic carbocycles. The molecule has 0 unspecified atom stereocenters. The molecule has 48 heavy (non-hydrogen) atoms. The number of carbonyl (C=O) groups excluding carboxylic acids is 1. The molecule has 3 N–H and O–H groups in total. The number of nitrogens with one attached hydrogen (secondary N) is 1. The Kier molecular flexibility index (Phi) is 7.43. The van der Waals surface area contributed by atoms with E-state index in [1.165, 1.54) is 10.8 Å². The van der Waals surface area contributed by atoms with Crippen molar-refractivity contribution in [1.29, 1.82) is 0 Å². The van der Waals surface area contributed by atoms with E-state index in [2.05, 4.69) is 30.5 Å². The van der Waals surface area contributed by atoms with Gasteiger partial charge in [0.1, 0.15) is 41.7 Å². The number of nitrogen functional groups attached to an aromatic ring is 1. The molecule has 2 aliphatic carbocycles. The average Bonchev–Trinajstić information content (AvgIpc) is 3.30. The fraction of sp³-hybridized carbons (Fsp3) is 0.375. The predicted molar refractivity (Wildman–Crippen MR) is 160 cm³/mol. The maximum Gasteiger partial charge on any atom is 0.293 e. The zero-order valence-corrected chi connectivity index (χ0v) is 25.8. The van der Waals surface area contributed by atoms with Gasteiger partial charge in [-0.25, -0.2) is 22.5 Å². The number of nitrogens with two attached hydrogens (primary N) is 1. The van der Waals surface area contributed by atoms with Crippen molar-refractivity contribution in [3.05, 3.63) is 88.4 Å². The second-order valence-corrected chi connectivity index (χ2v) is 12.6. The van der Waals surface area contributed by atoms with Gasteiger partial charge in [0.05, 0.1) is 11.7 Å². The third kappa shape index (κ3) is 5.13. The number of aromatic nitrogens is 7. The molecule has 0 saturated heterocycles. The van der Waals surface area contributed by atoms with Gasteiger partial charge in [0, 0.05) is 46.5 Å². The SMILES string of the molecule is CC(C)c1ccc(-c2c([C@H](Cc3cc(F)cc(F)c3)NC(=O)Cn3nc(C(F)F)c4c3C(F)(F)[C@@H]3[C@H](C)[C@H]43)nc3ncnn3c2N)cn1. The number of anilines is 1. The third-order valence-electron chi connectivity index (χ3n) is 9.15. The van der Waals surface area contributed by atoms with Crippen LogP contribution in [0, 0.1) is 23.5 Å². The quantitative estimate of drug-likeness (QED) is 0.188. The minimum atomic E-state index is -3.46. The Balaban J connectivity index is 1.31. The first-order chi connectivity index (χ1) is 22.8. The summed E-state index contributed by atoms with van der Waals surface area (Å²) in [5.74, 6) is -8.30. The van der Waals surface area contributed by atoms with E-state index < -0.39 is 71.6 Å². The van der Waals surface area contributed by atoms with Gasteiger partial charge in [-0.15, -0.1) is 0 Å². The van der Waals surface area contributed by atoms with Gasteiger partial charge in [-0.2, -0.15) is 28.5 Å². The second-order valence-electron chi connectivity index (χ2n) is 12.6. The number of rotatable bonds is 9. The van der Waals surface area contributed by atoms with Crippen molar-refractivity contribution in [2.24, 2.45) is 11.8 Å². The largest absolute Gasteiger partial charge is 0.383 e. The summed E-state index contributed by atoms with van der Waals surface area (Å²) >= 11 is 0. The highest BCUT2D eigenvalue weighted by Gasteiger charge is 2.71. The predicted octanol–water partition coefficient (Wildman–Crippen LogP) is 5.86. The molecule has 4 aromatic heterocycles. The Labute approximate surface area is 269 Å². The molecule has 2 aliphatic rings. The molecule has 1 fully saturated rings. The van der Waals surface area contributed by atoms with Gasteiger partial charge < -0.3 is 11.1 Å². The number of carbonyl (C=O) groups is 1. The highest BCUT2D eigenvalue weighted by atomic mass is 19.3. The third-order valence-corrected chi connectivity index (χ3v) is 9.15. The van der Waals surface area contributed by atoms with Crippen molar-refractivity contribution < 1.29 is 31.1 Å². The Bertz CT molecular complexity index is 2040. The smallest absolute Gasteiger partial charge is 0.293 e. The van der Waals surface area contributed by atoms with Crippen LogP contribution in [-0.4, -0.2) is 40.3 Å². The van der Waals surface area contributed by atoms with Crippen molar-refractivity contribution in [3.8, 4) is 11.1 Å². The van der Waals surface area contributed by atoms with Crippen molar-refractivity contribution in [1.82, 2.24) is 39.7 Å². The first-order valence-corrected chi connectivity index (χ1v) is 15.2. The van der Waals surface area contributed by atoms with Crippen LogP contribution in [0.4, 0.5) is 32.2 Å². The van der Waals surface area contributed by atoms with E-state index in [1.807, 2.05) is 13.8 Å². The number of hydrogen-bond donors (Lipinski definition) is 2. The number of hydrogen-bond acceptors (Lipinski definition) is 7. The van der Waals surface area contributed by atoms with Gasteiger partial charge in [-0.1, -0.05) is 26.8 Å². The Morgan fingerprint density at radius 3 is 2.46 bits per heavy atom. The summed E-state index contributed by atoms with van der Waals surface area (Å²) in [6, 6.07) is 5.18. The van der Waals surface area contributed by atoms with Crippen LogP contribution in [0.25, 0.3) is 16.9 Å². The molecule has 0 radical (unpaired) electrons. The Morgan fingerprint density at radius 2 is 1.81 bits per heavy atom. The number of nitrogens with zero attached hydrogens (tertiary/aromatic N) is 7. The maximum atomic E-state index is 15.4. The molecule has 1 amide bonds. The minimum Gasteiger partial charge on any atom is -0.383 e. The fourth-order valence-electron chi connectivity index (χ4n) is 6.95. The lowest BCUT2D eigenvalue weighted by Crippen LogP contribution is -2.35. The van der Waals surface area contributed by atoms with Crippen LogP contribution in [0.15, 0.2) is 42.9 Å². The minimum absolute atomic E-state index is 0.0436. The highest BCUT2D eigenvalue weighted by Crippen LogP contribution is 2.71. The molecule has 0 spiro atoms. The molecule has 7 rings (SSSR count). The molecular weight excluding hydrogens is 640 g/mol. The lowest BCUT2D eigenvalue weighted by molar-refractivity contribution is -0.123. The number of benzene rings is 1. The zero-order valence-electron chi connectivity index (χ0n) is 25.8. The molecule has 0 aliphatic heterocycles. The molecule has 16 heteroatoms. The molecule has 4 heterocycles. The number of halogens is 6. The number of fused-ring (bicyclic) bond motifs is 4. The van der Waals surface area contributed by atoms with Gasteiger partial charge in [0.2, 0.25) is 5.91 Å². The van der Waals surface area contributed by atoms with Crippen LogP contribution in [0.3, 0.4) is 0 Å². The van der Waals surface area contributed by atoms with Crippen LogP contribution in [0.1, 0.15) is 79.0 Å². The van der Waals surface area contributed by atoms with Crippen LogP contribution in [0.5, 0.6) is 0 Å². The lowest BCUT2D eigenvalue weighted by Gasteiger charge is -2.23. The van der Waals surface area contributed by atoms with Gasteiger partial charge in [-0.3, -0.25) is 14.5 Å². The summed E-state index contributed by atoms with van der Waals surface area (Å²) in [4.78, 5) is 26.9. The second kappa shape index (κ2) is 11.3. The summed E-state index contributed by atoms with van der Waals surface area (Å²) in [5, 5.41) is 10.6. The number of alkyl halides is 4. The van der Waals surface area contributed by atoms with E-state index in [1.54, 1.807) is 25.3 Å². The normalized spacial score (nSPS) is 19.9. The van der Waals surface area contributed by atoms with Crippen LogP contribution < -0.4 is 11.1 Å². The van der Waals surface area contributed by atoms with Crippen molar-refractivity contribution in [2.45, 2.75) is 64.0 Å². The molecule has 250 valence electrons. The molecule has 10 nitrogen and oxygen atoms in total. The van der Waals surface area contributed by atoms with E-state index in [9.17, 15) is 22.4 Å². The van der Waals surface area contributed by atoms with Gasteiger partial charge in [-0.05, 0) is 42.0 Å². The Morgan fingerprint density at radius 1 is 1.08 bits per heavy atom. The van der Waals surface area contributed by atoms with Crippen LogP contribution in [-0.2, 0) is 23.7 Å². The van der Waals surface area contributed by atoms with E-state index >= 15 is 8.78 Å². The number of amides is 1. The molecule has 1 saturated carbocycles. The summed E-state index contributed by atoms with van der Waals surface area (Å²) < 4.78 is 89.3. The van der Waals surface area contributed by atoms with Gasteiger partial charge >= 0.3 is 0 Å². The van der Waals surface area contributed by atoms with Crippen molar-refractivity contribution in [3.63, 3.8) is 0 Å². The first-order valence-electron chi connectivity index (χ1n) is 15.2.